The lowest BCUT2D eigenvalue weighted by Gasteiger charge is -2.25. The number of aliphatic hydroxyl groups excluding tert-OH is 1. The van der Waals surface area contributed by atoms with Crippen LogP contribution in [0.5, 0.6) is 0 Å². The van der Waals surface area contributed by atoms with Crippen LogP contribution in [0.3, 0.4) is 0 Å². The van der Waals surface area contributed by atoms with E-state index in [9.17, 15) is 9.90 Å². The van der Waals surface area contributed by atoms with Gasteiger partial charge in [0.25, 0.3) is 5.91 Å². The zero-order chi connectivity index (χ0) is 13.7. The summed E-state index contributed by atoms with van der Waals surface area (Å²) in [6.07, 6.45) is 4.31. The van der Waals surface area contributed by atoms with Crippen molar-refractivity contribution < 1.29 is 9.90 Å². The number of hydrogen-bond donors (Lipinski definition) is 3. The molecule has 20 heavy (non-hydrogen) atoms. The van der Waals surface area contributed by atoms with E-state index in [0.29, 0.717) is 19.0 Å². The van der Waals surface area contributed by atoms with Gasteiger partial charge in [-0.2, -0.15) is 0 Å². The minimum Gasteiger partial charge on any atom is -0.393 e. The lowest BCUT2D eigenvalue weighted by molar-refractivity contribution is 0.0932. The Hall–Kier alpha value is -1.04. The highest BCUT2D eigenvalue weighted by atomic mass is 35.5. The molecule has 0 radical (unpaired) electrons. The van der Waals surface area contributed by atoms with E-state index in [-0.39, 0.29) is 24.4 Å². The normalized spacial score (nSPS) is 17.3. The highest BCUT2D eigenvalue weighted by Crippen LogP contribution is 2.21. The molecule has 0 bridgehead atoms. The van der Waals surface area contributed by atoms with Gasteiger partial charge >= 0.3 is 0 Å². The standard InChI is InChI=1S/C14H23N3O2.ClH/c1-11(18)4-9-16-14(19)13-3-2-10-17(13)12-5-7-15-8-6-12;/h2-3,10-12,15,18H,4-9H2,1H3,(H,16,19);1H. The summed E-state index contributed by atoms with van der Waals surface area (Å²) in [6, 6.07) is 4.19. The minimum absolute atomic E-state index is 0. The number of rotatable bonds is 5. The molecule has 6 heteroatoms. The summed E-state index contributed by atoms with van der Waals surface area (Å²) >= 11 is 0. The van der Waals surface area contributed by atoms with Crippen molar-refractivity contribution in [1.82, 2.24) is 15.2 Å². The molecule has 0 aliphatic carbocycles. The molecule has 1 fully saturated rings. The predicted molar refractivity (Wildman–Crippen MR) is 81.5 cm³/mol. The van der Waals surface area contributed by atoms with Crippen molar-refractivity contribution in [1.29, 1.82) is 0 Å². The van der Waals surface area contributed by atoms with Crippen molar-refractivity contribution in [2.75, 3.05) is 19.6 Å². The fraction of sp³-hybridized carbons (Fsp3) is 0.643. The second-order valence-corrected chi connectivity index (χ2v) is 5.18. The average Bonchev–Trinajstić information content (AvgIpc) is 2.88. The van der Waals surface area contributed by atoms with E-state index in [1.807, 2.05) is 18.3 Å². The Labute approximate surface area is 126 Å². The number of nitrogens with zero attached hydrogens (tertiary/aromatic N) is 1. The Bertz CT molecular complexity index is 414. The molecular formula is C14H24ClN3O2. The Morgan fingerprint density at radius 2 is 2.25 bits per heavy atom. The number of amides is 1. The van der Waals surface area contributed by atoms with Gasteiger partial charge in [0.1, 0.15) is 5.69 Å². The third-order valence-corrected chi connectivity index (χ3v) is 3.56. The molecule has 2 rings (SSSR count). The van der Waals surface area contributed by atoms with Crippen molar-refractivity contribution in [2.45, 2.75) is 38.3 Å². The highest BCUT2D eigenvalue weighted by Gasteiger charge is 2.19. The molecule has 1 unspecified atom stereocenters. The van der Waals surface area contributed by atoms with Crippen molar-refractivity contribution >= 4 is 18.3 Å². The molecular weight excluding hydrogens is 278 g/mol. The summed E-state index contributed by atoms with van der Waals surface area (Å²) in [7, 11) is 0. The van der Waals surface area contributed by atoms with Crippen LogP contribution in [0.2, 0.25) is 0 Å². The second-order valence-electron chi connectivity index (χ2n) is 5.18. The topological polar surface area (TPSA) is 66.3 Å². The number of hydrogen-bond acceptors (Lipinski definition) is 3. The monoisotopic (exact) mass is 301 g/mol. The molecule has 5 nitrogen and oxygen atoms in total. The summed E-state index contributed by atoms with van der Waals surface area (Å²) in [6.45, 7) is 4.25. The maximum Gasteiger partial charge on any atom is 0.267 e. The van der Waals surface area contributed by atoms with E-state index in [1.54, 1.807) is 6.92 Å². The summed E-state index contributed by atoms with van der Waals surface area (Å²) in [4.78, 5) is 12.1. The first kappa shape index (κ1) is 17.0. The van der Waals surface area contributed by atoms with Crippen molar-refractivity contribution in [3.05, 3.63) is 24.0 Å². The van der Waals surface area contributed by atoms with E-state index >= 15 is 0 Å². The number of piperidine rings is 1. The lowest BCUT2D eigenvalue weighted by Crippen LogP contribution is -2.33. The van der Waals surface area contributed by atoms with Crippen LogP contribution in [-0.4, -0.2) is 41.3 Å². The summed E-state index contributed by atoms with van der Waals surface area (Å²) in [5.41, 5.74) is 0.720. The van der Waals surface area contributed by atoms with Crippen LogP contribution in [0, 0.1) is 0 Å². The van der Waals surface area contributed by atoms with Gasteiger partial charge in [0.05, 0.1) is 6.10 Å². The molecule has 1 aliphatic rings. The number of halogens is 1. The largest absolute Gasteiger partial charge is 0.393 e. The zero-order valence-electron chi connectivity index (χ0n) is 11.8. The Balaban J connectivity index is 0.00000200. The number of aromatic nitrogens is 1. The molecule has 0 aromatic carbocycles. The first-order valence-electron chi connectivity index (χ1n) is 7.02. The van der Waals surface area contributed by atoms with E-state index in [2.05, 4.69) is 15.2 Å². The SMILES string of the molecule is CC(O)CCNC(=O)c1cccn1C1CCNCC1.Cl. The maximum absolute atomic E-state index is 12.1. The van der Waals surface area contributed by atoms with Crippen LogP contribution in [0.25, 0.3) is 0 Å². The molecule has 3 N–H and O–H groups in total. The molecule has 1 aliphatic heterocycles. The van der Waals surface area contributed by atoms with Gasteiger partial charge in [-0.15, -0.1) is 12.4 Å². The third kappa shape index (κ3) is 4.51. The lowest BCUT2D eigenvalue weighted by atomic mass is 10.1. The number of carbonyl (C=O) groups excluding carboxylic acids is 1. The fourth-order valence-electron chi connectivity index (χ4n) is 2.47. The van der Waals surface area contributed by atoms with Crippen LogP contribution in [0.1, 0.15) is 42.7 Å². The molecule has 1 aromatic heterocycles. The molecule has 2 heterocycles. The van der Waals surface area contributed by atoms with Gasteiger partial charge in [-0.25, -0.2) is 0 Å². The second kappa shape index (κ2) is 8.29. The Kier molecular flexibility index (Phi) is 7.05. The van der Waals surface area contributed by atoms with E-state index < -0.39 is 0 Å². The quantitative estimate of drug-likeness (QED) is 0.769. The number of nitrogens with one attached hydrogen (secondary N) is 2. The molecule has 0 spiro atoms. The minimum atomic E-state index is -0.378. The van der Waals surface area contributed by atoms with Gasteiger partial charge in [0.2, 0.25) is 0 Å². The van der Waals surface area contributed by atoms with Crippen molar-refractivity contribution in [3.8, 4) is 0 Å². The zero-order valence-corrected chi connectivity index (χ0v) is 12.7. The summed E-state index contributed by atoms with van der Waals surface area (Å²) in [5.74, 6) is -0.0517. The van der Waals surface area contributed by atoms with Crippen LogP contribution in [-0.2, 0) is 0 Å². The first-order valence-corrected chi connectivity index (χ1v) is 7.02. The summed E-state index contributed by atoms with van der Waals surface area (Å²) < 4.78 is 2.08. The van der Waals surface area contributed by atoms with Gasteiger partial charge in [0.15, 0.2) is 0 Å². The Morgan fingerprint density at radius 3 is 2.90 bits per heavy atom. The van der Waals surface area contributed by atoms with E-state index in [0.717, 1.165) is 31.6 Å². The molecule has 1 aromatic rings. The first-order chi connectivity index (χ1) is 9.18. The summed E-state index contributed by atoms with van der Waals surface area (Å²) in [5, 5.41) is 15.4. The maximum atomic E-state index is 12.1. The third-order valence-electron chi connectivity index (χ3n) is 3.56. The van der Waals surface area contributed by atoms with Crippen LogP contribution < -0.4 is 10.6 Å². The molecule has 1 amide bonds. The van der Waals surface area contributed by atoms with Crippen LogP contribution >= 0.6 is 12.4 Å². The van der Waals surface area contributed by atoms with Gasteiger partial charge in [-0.1, -0.05) is 0 Å². The fourth-order valence-corrected chi connectivity index (χ4v) is 2.47. The number of carbonyl (C=O) groups is 1. The highest BCUT2D eigenvalue weighted by molar-refractivity contribution is 5.92. The molecule has 114 valence electrons. The van der Waals surface area contributed by atoms with Crippen molar-refractivity contribution in [2.24, 2.45) is 0 Å². The van der Waals surface area contributed by atoms with Gasteiger partial charge in [-0.05, 0) is 51.4 Å². The van der Waals surface area contributed by atoms with Gasteiger partial charge < -0.3 is 20.3 Å². The molecule has 1 saturated heterocycles. The van der Waals surface area contributed by atoms with Crippen LogP contribution in [0.4, 0.5) is 0 Å². The van der Waals surface area contributed by atoms with Crippen LogP contribution in [0.15, 0.2) is 18.3 Å². The van der Waals surface area contributed by atoms with Crippen molar-refractivity contribution in [3.63, 3.8) is 0 Å². The molecule has 0 saturated carbocycles. The smallest absolute Gasteiger partial charge is 0.267 e. The van der Waals surface area contributed by atoms with E-state index in [4.69, 9.17) is 0 Å². The van der Waals surface area contributed by atoms with Gasteiger partial charge in [0, 0.05) is 18.8 Å². The average molecular weight is 302 g/mol. The number of aliphatic hydroxyl groups is 1. The molecule has 1 atom stereocenters. The van der Waals surface area contributed by atoms with E-state index in [1.165, 1.54) is 0 Å². The van der Waals surface area contributed by atoms with Gasteiger partial charge in [-0.3, -0.25) is 4.79 Å². The predicted octanol–water partition coefficient (Wildman–Crippen LogP) is 1.34. The Morgan fingerprint density at radius 1 is 1.55 bits per heavy atom.